The topological polar surface area (TPSA) is 40.5 Å². The van der Waals surface area contributed by atoms with Gasteiger partial charge in [0.15, 0.2) is 0 Å². The number of unbranched alkanes of at least 4 members (excludes halogenated alkanes) is 7. The third-order valence-corrected chi connectivity index (χ3v) is 10.4. The number of fused-ring (bicyclic) bond motifs is 5. The lowest BCUT2D eigenvalue weighted by Crippen LogP contribution is -2.44. The van der Waals surface area contributed by atoms with Crippen molar-refractivity contribution in [1.82, 2.24) is 4.90 Å². The maximum atomic E-state index is 10.9. The van der Waals surface area contributed by atoms with Gasteiger partial charge < -0.3 is 10.0 Å². The number of nitrogens with zero attached hydrogens (tertiary/aromatic N) is 1. The van der Waals surface area contributed by atoms with Gasteiger partial charge in [0.2, 0.25) is 5.91 Å². The summed E-state index contributed by atoms with van der Waals surface area (Å²) >= 11 is 0. The molecule has 38 heavy (non-hydrogen) atoms. The third-order valence-electron chi connectivity index (χ3n) is 10.4. The van der Waals surface area contributed by atoms with Crippen LogP contribution in [0.2, 0.25) is 0 Å². The number of hydrogen-bond acceptors (Lipinski definition) is 2. The molecule has 0 saturated heterocycles. The minimum atomic E-state index is 0.244. The summed E-state index contributed by atoms with van der Waals surface area (Å²) in [5, 5.41) is 10.1. The molecular formula is C35H59NO2. The van der Waals surface area contributed by atoms with Gasteiger partial charge in [-0.25, -0.2) is 0 Å². The molecule has 3 nitrogen and oxygen atoms in total. The van der Waals surface area contributed by atoms with Crippen molar-refractivity contribution in [2.24, 2.45) is 23.2 Å². The number of carbonyl (C=O) groups excluding carboxylic acids is 1. The van der Waals surface area contributed by atoms with Crippen molar-refractivity contribution >= 4 is 5.91 Å². The van der Waals surface area contributed by atoms with Gasteiger partial charge in [0, 0.05) is 20.0 Å². The van der Waals surface area contributed by atoms with Gasteiger partial charge in [0.25, 0.3) is 0 Å². The van der Waals surface area contributed by atoms with E-state index < -0.39 is 0 Å². The van der Waals surface area contributed by atoms with E-state index in [9.17, 15) is 9.90 Å². The molecule has 4 rings (SSSR count). The molecule has 0 heterocycles. The highest BCUT2D eigenvalue weighted by Gasteiger charge is 2.52. The molecule has 3 aliphatic carbocycles. The lowest BCUT2D eigenvalue weighted by molar-refractivity contribution is -0.129. The lowest BCUT2D eigenvalue weighted by atomic mass is 9.52. The molecule has 1 aromatic carbocycles. The number of hydrogen-bond donors (Lipinski definition) is 1. The summed E-state index contributed by atoms with van der Waals surface area (Å²) in [4.78, 5) is 12.7. The lowest BCUT2D eigenvalue weighted by Gasteiger charge is -2.52. The smallest absolute Gasteiger partial charge is 0.222 e. The number of phenolic OH excluding ortho intramolecular Hbond substituents is 1. The van der Waals surface area contributed by atoms with Crippen molar-refractivity contribution in [2.45, 2.75) is 143 Å². The number of benzene rings is 1. The second-order valence-electron chi connectivity index (χ2n) is 13.2. The Morgan fingerprint density at radius 2 is 1.68 bits per heavy atom. The molecule has 5 atom stereocenters. The van der Waals surface area contributed by atoms with Gasteiger partial charge in [-0.2, -0.15) is 0 Å². The van der Waals surface area contributed by atoms with E-state index in [0.717, 1.165) is 43.1 Å². The molecule has 0 aliphatic heterocycles. The van der Waals surface area contributed by atoms with Gasteiger partial charge in [0.1, 0.15) is 5.75 Å². The highest BCUT2D eigenvalue weighted by atomic mass is 16.3. The van der Waals surface area contributed by atoms with Crippen molar-refractivity contribution in [3.63, 3.8) is 0 Å². The molecule has 216 valence electrons. The summed E-state index contributed by atoms with van der Waals surface area (Å²) in [5.74, 6) is 4.16. The maximum Gasteiger partial charge on any atom is 0.222 e. The molecule has 3 unspecified atom stereocenters. The summed E-state index contributed by atoms with van der Waals surface area (Å²) in [6.45, 7) is 9.84. The number of rotatable bonds is 12. The number of phenols is 1. The summed E-state index contributed by atoms with van der Waals surface area (Å²) in [6.07, 6.45) is 22.6. The summed E-state index contributed by atoms with van der Waals surface area (Å²) in [7, 11) is 1.86. The molecule has 3 heteroatoms. The Hall–Kier alpha value is -1.51. The molecule has 0 radical (unpaired) electrons. The molecule has 0 spiro atoms. The van der Waals surface area contributed by atoms with E-state index in [1.807, 2.05) is 20.0 Å². The second kappa shape index (κ2) is 15.3. The Morgan fingerprint density at radius 1 is 0.974 bits per heavy atom. The fourth-order valence-corrected chi connectivity index (χ4v) is 8.20. The predicted molar refractivity (Wildman–Crippen MR) is 162 cm³/mol. The van der Waals surface area contributed by atoms with Gasteiger partial charge >= 0.3 is 0 Å². The van der Waals surface area contributed by atoms with Crippen LogP contribution in [0.3, 0.4) is 0 Å². The average Bonchev–Trinajstić information content (AvgIpc) is 3.32. The molecule has 0 bridgehead atoms. The van der Waals surface area contributed by atoms with E-state index in [4.69, 9.17) is 0 Å². The highest BCUT2D eigenvalue weighted by Crippen LogP contribution is 2.62. The zero-order valence-electron chi connectivity index (χ0n) is 25.6. The van der Waals surface area contributed by atoms with Gasteiger partial charge in [-0.05, 0) is 97.3 Å². The van der Waals surface area contributed by atoms with E-state index in [2.05, 4.69) is 32.9 Å². The van der Waals surface area contributed by atoms with Crippen molar-refractivity contribution < 1.29 is 9.90 Å². The molecule has 1 amide bonds. The van der Waals surface area contributed by atoms with Crippen LogP contribution >= 0.6 is 0 Å². The Morgan fingerprint density at radius 3 is 2.39 bits per heavy atom. The first-order chi connectivity index (χ1) is 18.3. The largest absolute Gasteiger partial charge is 0.508 e. The Labute approximate surface area is 235 Å². The molecular weight excluding hydrogens is 466 g/mol. The summed E-state index contributed by atoms with van der Waals surface area (Å²) in [5.41, 5.74) is 3.68. The van der Waals surface area contributed by atoms with Crippen LogP contribution in [0.15, 0.2) is 18.2 Å². The molecule has 2 saturated carbocycles. The van der Waals surface area contributed by atoms with Gasteiger partial charge in [-0.15, -0.1) is 0 Å². The van der Waals surface area contributed by atoms with Gasteiger partial charge in [-0.1, -0.05) is 91.5 Å². The van der Waals surface area contributed by atoms with Crippen LogP contribution < -0.4 is 0 Å². The fraction of sp³-hybridized carbons (Fsp3) is 0.800. The standard InChI is InChI=1S/C27H42O.C8H17NO/c1-3-4-5-6-7-8-9-11-20-18-21-19-22(28)13-14-23(21)24-15-17-27(2)16-10-12-25(27)26(20)24;1-4-6-7-9(3)8(10)5-2/h13-14,19-20,24-26,28H,3-12,15-18H2,1-2H3;4-7H2,1-3H3/t20-,24?,25?,26?,27+;/m1./s1. The Kier molecular flexibility index (Phi) is 12.5. The average molecular weight is 526 g/mol. The van der Waals surface area contributed by atoms with Crippen LogP contribution in [0.4, 0.5) is 0 Å². The van der Waals surface area contributed by atoms with Gasteiger partial charge in [-0.3, -0.25) is 4.79 Å². The van der Waals surface area contributed by atoms with E-state index in [1.54, 1.807) is 10.5 Å². The molecule has 3 aliphatic rings. The zero-order valence-corrected chi connectivity index (χ0v) is 25.6. The van der Waals surface area contributed by atoms with E-state index in [1.165, 1.54) is 95.5 Å². The minimum absolute atomic E-state index is 0.244. The summed E-state index contributed by atoms with van der Waals surface area (Å²) < 4.78 is 0. The van der Waals surface area contributed by atoms with E-state index >= 15 is 0 Å². The number of amides is 1. The third kappa shape index (κ3) is 8.01. The Bertz CT molecular complexity index is 850. The first-order valence-electron chi connectivity index (χ1n) is 16.4. The maximum absolute atomic E-state index is 10.9. The van der Waals surface area contributed by atoms with Crippen LogP contribution in [-0.4, -0.2) is 29.5 Å². The van der Waals surface area contributed by atoms with Gasteiger partial charge in [0.05, 0.1) is 0 Å². The second-order valence-corrected chi connectivity index (χ2v) is 13.2. The van der Waals surface area contributed by atoms with E-state index in [-0.39, 0.29) is 5.91 Å². The normalized spacial score (nSPS) is 27.5. The van der Waals surface area contributed by atoms with Crippen LogP contribution in [-0.2, 0) is 11.2 Å². The van der Waals surface area contributed by atoms with Crippen LogP contribution in [0.1, 0.15) is 147 Å². The molecule has 1 N–H and O–H groups in total. The molecule has 2 fully saturated rings. The monoisotopic (exact) mass is 525 g/mol. The van der Waals surface area contributed by atoms with Crippen molar-refractivity contribution in [3.8, 4) is 5.75 Å². The molecule has 0 aromatic heterocycles. The fourth-order valence-electron chi connectivity index (χ4n) is 8.20. The Balaban J connectivity index is 0.000000342. The van der Waals surface area contributed by atoms with Crippen LogP contribution in [0.25, 0.3) is 0 Å². The first kappa shape index (κ1) is 31.0. The number of aromatic hydroxyl groups is 1. The van der Waals surface area contributed by atoms with E-state index in [0.29, 0.717) is 17.6 Å². The zero-order chi connectivity index (χ0) is 27.5. The first-order valence-corrected chi connectivity index (χ1v) is 16.4. The summed E-state index contributed by atoms with van der Waals surface area (Å²) in [6, 6.07) is 6.30. The van der Waals surface area contributed by atoms with Crippen LogP contribution in [0.5, 0.6) is 5.75 Å². The number of carbonyl (C=O) groups is 1. The minimum Gasteiger partial charge on any atom is -0.508 e. The quantitative estimate of drug-likeness (QED) is 0.276. The SMILES string of the molecule is CCCCCCCCC[C@@H]1Cc2cc(O)ccc2C2CC[C@]3(C)CCCC3C21.CCCCN(C)C(=O)CC. The van der Waals surface area contributed by atoms with Crippen LogP contribution in [0, 0.1) is 23.2 Å². The van der Waals surface area contributed by atoms with Crippen molar-refractivity contribution in [1.29, 1.82) is 0 Å². The highest BCUT2D eigenvalue weighted by molar-refractivity contribution is 5.75. The van der Waals surface area contributed by atoms with Crippen molar-refractivity contribution in [3.05, 3.63) is 29.3 Å². The van der Waals surface area contributed by atoms with Crippen molar-refractivity contribution in [2.75, 3.05) is 13.6 Å². The molecule has 1 aromatic rings. The predicted octanol–water partition coefficient (Wildman–Crippen LogP) is 9.66.